The maximum Gasteiger partial charge on any atom is 0.257 e. The lowest BCUT2D eigenvalue weighted by Crippen LogP contribution is -2.51. The Kier molecular flexibility index (Phi) is 6.50. The van der Waals surface area contributed by atoms with Crippen molar-refractivity contribution in [3.63, 3.8) is 0 Å². The smallest absolute Gasteiger partial charge is 0.257 e. The average Bonchev–Trinajstić information content (AvgIpc) is 3.50. The van der Waals surface area contributed by atoms with E-state index in [-0.39, 0.29) is 36.6 Å². The van der Waals surface area contributed by atoms with Crippen molar-refractivity contribution in [2.75, 3.05) is 4.90 Å². The van der Waals surface area contributed by atoms with Gasteiger partial charge < -0.3 is 9.32 Å². The van der Waals surface area contributed by atoms with Crippen LogP contribution in [0.1, 0.15) is 44.1 Å². The van der Waals surface area contributed by atoms with Gasteiger partial charge >= 0.3 is 0 Å². The van der Waals surface area contributed by atoms with E-state index in [1.807, 2.05) is 54.6 Å². The fraction of sp³-hybridized carbons (Fsp3) is 0.290. The molecule has 4 aromatic rings. The van der Waals surface area contributed by atoms with Gasteiger partial charge in [-0.2, -0.15) is 0 Å². The predicted octanol–water partition coefficient (Wildman–Crippen LogP) is 5.53. The molecule has 2 aliphatic rings. The van der Waals surface area contributed by atoms with Gasteiger partial charge in [0.25, 0.3) is 5.91 Å². The van der Waals surface area contributed by atoms with Gasteiger partial charge in [-0.3, -0.25) is 14.4 Å². The molecule has 1 aliphatic carbocycles. The van der Waals surface area contributed by atoms with Gasteiger partial charge in [0.2, 0.25) is 17.7 Å². The van der Waals surface area contributed by atoms with Crippen LogP contribution in [0.4, 0.5) is 5.69 Å². The summed E-state index contributed by atoms with van der Waals surface area (Å²) < 4.78 is 5.85. The molecule has 192 valence electrons. The Morgan fingerprint density at radius 2 is 1.61 bits per heavy atom. The summed E-state index contributed by atoms with van der Waals surface area (Å²) >= 11 is 0. The van der Waals surface area contributed by atoms with Crippen molar-refractivity contribution in [1.29, 1.82) is 0 Å². The number of anilines is 1. The van der Waals surface area contributed by atoms with Crippen LogP contribution >= 0.6 is 0 Å². The highest BCUT2D eigenvalue weighted by Gasteiger charge is 2.46. The van der Waals surface area contributed by atoms with Crippen LogP contribution < -0.4 is 4.90 Å². The SMILES string of the molecule is O=C1CC(N(C(=O)Cc2ccccc2)C2CCCCC2)C(=O)N1c1ccc(-c2nc3ccccc3o2)cc1. The molecule has 0 N–H and O–H groups in total. The molecule has 7 heteroatoms. The van der Waals surface area contributed by atoms with E-state index in [1.54, 1.807) is 29.2 Å². The van der Waals surface area contributed by atoms with Crippen molar-refractivity contribution in [3.8, 4) is 11.5 Å². The van der Waals surface area contributed by atoms with E-state index in [0.29, 0.717) is 17.2 Å². The zero-order valence-electron chi connectivity index (χ0n) is 21.1. The molecule has 1 atom stereocenters. The van der Waals surface area contributed by atoms with E-state index >= 15 is 0 Å². The number of carbonyl (C=O) groups is 3. The fourth-order valence-electron chi connectivity index (χ4n) is 5.71. The second kappa shape index (κ2) is 10.2. The summed E-state index contributed by atoms with van der Waals surface area (Å²) in [6.45, 7) is 0. The van der Waals surface area contributed by atoms with E-state index in [9.17, 15) is 14.4 Å². The fourth-order valence-corrected chi connectivity index (χ4v) is 5.71. The van der Waals surface area contributed by atoms with Crippen LogP contribution in [0.25, 0.3) is 22.6 Å². The van der Waals surface area contributed by atoms with Gasteiger partial charge in [-0.05, 0) is 54.8 Å². The van der Waals surface area contributed by atoms with Crippen LogP contribution in [0, 0.1) is 0 Å². The number of aromatic nitrogens is 1. The summed E-state index contributed by atoms with van der Waals surface area (Å²) in [6.07, 6.45) is 5.12. The van der Waals surface area contributed by atoms with Gasteiger partial charge in [0.15, 0.2) is 5.58 Å². The number of oxazole rings is 1. The second-order valence-corrected chi connectivity index (χ2v) is 10.1. The quantitative estimate of drug-likeness (QED) is 0.321. The average molecular weight is 508 g/mol. The van der Waals surface area contributed by atoms with Crippen molar-refractivity contribution in [2.24, 2.45) is 0 Å². The Balaban J connectivity index is 1.25. The molecule has 1 aliphatic heterocycles. The summed E-state index contributed by atoms with van der Waals surface area (Å²) in [6, 6.07) is 23.4. The highest BCUT2D eigenvalue weighted by atomic mass is 16.3. The number of amides is 3. The van der Waals surface area contributed by atoms with Crippen LogP contribution in [0.5, 0.6) is 0 Å². The summed E-state index contributed by atoms with van der Waals surface area (Å²) in [5.74, 6) is -0.244. The number of carbonyl (C=O) groups excluding carboxylic acids is 3. The highest BCUT2D eigenvalue weighted by molar-refractivity contribution is 6.23. The molecule has 7 nitrogen and oxygen atoms in total. The minimum atomic E-state index is -0.779. The molecule has 3 amide bonds. The maximum absolute atomic E-state index is 13.7. The molecule has 1 saturated carbocycles. The Morgan fingerprint density at radius 1 is 0.895 bits per heavy atom. The number of hydrogen-bond donors (Lipinski definition) is 0. The molecule has 2 heterocycles. The predicted molar refractivity (Wildman–Crippen MR) is 144 cm³/mol. The lowest BCUT2D eigenvalue weighted by molar-refractivity contribution is -0.141. The monoisotopic (exact) mass is 507 g/mol. The number of fused-ring (bicyclic) bond motifs is 1. The molecule has 2 fully saturated rings. The molecule has 0 radical (unpaired) electrons. The largest absolute Gasteiger partial charge is 0.436 e. The summed E-state index contributed by atoms with van der Waals surface area (Å²) in [5, 5.41) is 0. The molecular formula is C31H29N3O4. The summed E-state index contributed by atoms with van der Waals surface area (Å²) in [5.41, 5.74) is 3.61. The molecule has 0 bridgehead atoms. The van der Waals surface area contributed by atoms with Crippen molar-refractivity contribution in [3.05, 3.63) is 84.4 Å². The first-order valence-electron chi connectivity index (χ1n) is 13.3. The summed E-state index contributed by atoms with van der Waals surface area (Å²) in [4.78, 5) is 48.0. The number of nitrogens with zero attached hydrogens (tertiary/aromatic N) is 3. The van der Waals surface area contributed by atoms with E-state index in [4.69, 9.17) is 4.42 Å². The second-order valence-electron chi connectivity index (χ2n) is 10.1. The third kappa shape index (κ3) is 4.60. The number of para-hydroxylation sites is 2. The van der Waals surface area contributed by atoms with E-state index in [2.05, 4.69) is 4.98 Å². The lowest BCUT2D eigenvalue weighted by atomic mass is 9.92. The maximum atomic E-state index is 13.7. The number of rotatable bonds is 6. The van der Waals surface area contributed by atoms with Crippen LogP contribution in [-0.4, -0.2) is 39.7 Å². The molecule has 1 saturated heterocycles. The van der Waals surface area contributed by atoms with Gasteiger partial charge in [-0.1, -0.05) is 61.7 Å². The normalized spacial score (nSPS) is 18.3. The van der Waals surface area contributed by atoms with Crippen molar-refractivity contribution >= 4 is 34.5 Å². The molecule has 1 aromatic heterocycles. The lowest BCUT2D eigenvalue weighted by Gasteiger charge is -2.37. The van der Waals surface area contributed by atoms with Gasteiger partial charge in [0.1, 0.15) is 11.6 Å². The van der Waals surface area contributed by atoms with Gasteiger partial charge in [0, 0.05) is 11.6 Å². The summed E-state index contributed by atoms with van der Waals surface area (Å²) in [7, 11) is 0. The van der Waals surface area contributed by atoms with Crippen molar-refractivity contribution < 1.29 is 18.8 Å². The number of hydrogen-bond acceptors (Lipinski definition) is 5. The Morgan fingerprint density at radius 3 is 2.34 bits per heavy atom. The van der Waals surface area contributed by atoms with Crippen molar-refractivity contribution in [1.82, 2.24) is 9.88 Å². The van der Waals surface area contributed by atoms with Gasteiger partial charge in [-0.25, -0.2) is 9.88 Å². The molecule has 1 unspecified atom stereocenters. The van der Waals surface area contributed by atoms with Crippen LogP contribution in [0.3, 0.4) is 0 Å². The number of benzene rings is 3. The highest BCUT2D eigenvalue weighted by Crippen LogP contribution is 2.33. The van der Waals surface area contributed by atoms with Gasteiger partial charge in [0.05, 0.1) is 18.5 Å². The molecule has 0 spiro atoms. The van der Waals surface area contributed by atoms with Crippen LogP contribution in [-0.2, 0) is 20.8 Å². The first-order chi connectivity index (χ1) is 18.6. The minimum Gasteiger partial charge on any atom is -0.436 e. The van der Waals surface area contributed by atoms with Crippen molar-refractivity contribution in [2.45, 2.75) is 57.0 Å². The third-order valence-corrected chi connectivity index (χ3v) is 7.58. The molecule has 6 rings (SSSR count). The van der Waals surface area contributed by atoms with E-state index in [1.165, 1.54) is 4.90 Å². The molecular weight excluding hydrogens is 478 g/mol. The van der Waals surface area contributed by atoms with E-state index in [0.717, 1.165) is 48.7 Å². The van der Waals surface area contributed by atoms with Crippen LogP contribution in [0.15, 0.2) is 83.3 Å². The molecule has 38 heavy (non-hydrogen) atoms. The first-order valence-corrected chi connectivity index (χ1v) is 13.3. The molecule has 3 aromatic carbocycles. The minimum absolute atomic E-state index is 0.00272. The van der Waals surface area contributed by atoms with Gasteiger partial charge in [-0.15, -0.1) is 0 Å². The zero-order chi connectivity index (χ0) is 26.1. The zero-order valence-corrected chi connectivity index (χ0v) is 21.1. The topological polar surface area (TPSA) is 83.7 Å². The van der Waals surface area contributed by atoms with E-state index < -0.39 is 6.04 Å². The Bertz CT molecular complexity index is 1440. The van der Waals surface area contributed by atoms with Crippen LogP contribution in [0.2, 0.25) is 0 Å². The standard InChI is InChI=1S/C31H29N3O4/c35-28(19-21-9-3-1-4-10-21)33(23-11-5-2-6-12-23)26-20-29(36)34(31(26)37)24-17-15-22(16-18-24)30-32-25-13-7-8-14-27(25)38-30/h1,3-4,7-10,13-18,23,26H,2,5-6,11-12,19-20H2. The first kappa shape index (κ1) is 24.1. The third-order valence-electron chi connectivity index (χ3n) is 7.58. The number of imide groups is 1. The Hall–Kier alpha value is -4.26. The Labute approximate surface area is 221 Å².